The minimum Gasteiger partial charge on any atom is -0.507 e. The number of ketones is 1. The maximum absolute atomic E-state index is 13.8. The number of anilines is 1. The van der Waals surface area contributed by atoms with E-state index in [-0.39, 0.29) is 27.3 Å². The summed E-state index contributed by atoms with van der Waals surface area (Å²) in [4.78, 5) is 32.1. The fraction of sp³-hybridized carbons (Fsp3) is 0.222. The highest BCUT2D eigenvalue weighted by Crippen LogP contribution is 2.43. The number of carbonyl (C=O) groups is 2. The second-order valence-electron chi connectivity index (χ2n) is 9.19. The van der Waals surface area contributed by atoms with Gasteiger partial charge in [0, 0.05) is 11.9 Å². The van der Waals surface area contributed by atoms with Crippen molar-refractivity contribution >= 4 is 34.7 Å². The molecule has 0 saturated carbocycles. The molecule has 8 heteroatoms. The first kappa shape index (κ1) is 24.4. The van der Waals surface area contributed by atoms with Crippen LogP contribution in [0.5, 0.6) is 5.75 Å². The van der Waals surface area contributed by atoms with Crippen LogP contribution in [0, 0.1) is 5.82 Å². The average molecular weight is 495 g/mol. The van der Waals surface area contributed by atoms with E-state index in [4.69, 9.17) is 16.3 Å². The molecule has 3 aromatic rings. The number of nitrogens with zero attached hydrogens (tertiary/aromatic N) is 2. The van der Waals surface area contributed by atoms with E-state index in [2.05, 4.69) is 4.98 Å². The number of carbonyl (C=O) groups excluding carboxylic acids is 2. The van der Waals surface area contributed by atoms with Gasteiger partial charge in [0.25, 0.3) is 11.7 Å². The lowest BCUT2D eigenvalue weighted by Gasteiger charge is -2.25. The van der Waals surface area contributed by atoms with Crippen LogP contribution < -0.4 is 9.64 Å². The molecule has 0 radical (unpaired) electrons. The van der Waals surface area contributed by atoms with Crippen LogP contribution in [0.4, 0.5) is 10.1 Å². The number of rotatable bonds is 4. The predicted molar refractivity (Wildman–Crippen MR) is 132 cm³/mol. The fourth-order valence-corrected chi connectivity index (χ4v) is 4.23. The van der Waals surface area contributed by atoms with E-state index in [1.807, 2.05) is 26.8 Å². The summed E-state index contributed by atoms with van der Waals surface area (Å²) in [6, 6.07) is 13.0. The van der Waals surface area contributed by atoms with Gasteiger partial charge in [0.05, 0.1) is 29.0 Å². The lowest BCUT2D eigenvalue weighted by Crippen LogP contribution is -2.29. The first-order chi connectivity index (χ1) is 16.5. The Morgan fingerprint density at radius 3 is 2.46 bits per heavy atom. The molecule has 1 aromatic heterocycles. The van der Waals surface area contributed by atoms with Gasteiger partial charge in [0.2, 0.25) is 0 Å². The molecule has 2 aromatic carbocycles. The van der Waals surface area contributed by atoms with E-state index in [1.165, 1.54) is 30.3 Å². The summed E-state index contributed by atoms with van der Waals surface area (Å²) in [5.41, 5.74) is 1.31. The lowest BCUT2D eigenvalue weighted by molar-refractivity contribution is -0.132. The number of amides is 1. The van der Waals surface area contributed by atoms with Crippen LogP contribution in [0.15, 0.2) is 66.4 Å². The van der Waals surface area contributed by atoms with E-state index in [1.54, 1.807) is 30.3 Å². The van der Waals surface area contributed by atoms with E-state index in [9.17, 15) is 19.1 Å². The third kappa shape index (κ3) is 4.39. The molecule has 1 atom stereocenters. The van der Waals surface area contributed by atoms with Crippen molar-refractivity contribution in [3.05, 3.63) is 94.0 Å². The Bertz CT molecular complexity index is 1350. The molecule has 4 rings (SSSR count). The zero-order valence-corrected chi connectivity index (χ0v) is 20.4. The van der Waals surface area contributed by atoms with Crippen LogP contribution in [0.1, 0.15) is 43.6 Å². The smallest absolute Gasteiger partial charge is 0.300 e. The van der Waals surface area contributed by atoms with Gasteiger partial charge in [-0.2, -0.15) is 0 Å². The van der Waals surface area contributed by atoms with Crippen LogP contribution >= 0.6 is 11.6 Å². The van der Waals surface area contributed by atoms with Crippen LogP contribution in [0.3, 0.4) is 0 Å². The van der Waals surface area contributed by atoms with E-state index >= 15 is 0 Å². The Hall–Kier alpha value is -3.71. The molecule has 1 fully saturated rings. The maximum Gasteiger partial charge on any atom is 0.300 e. The molecule has 1 amide bonds. The summed E-state index contributed by atoms with van der Waals surface area (Å²) in [6.45, 7) is 6.05. The minimum absolute atomic E-state index is 0.154. The van der Waals surface area contributed by atoms with Crippen molar-refractivity contribution in [1.82, 2.24) is 4.98 Å². The first-order valence-electron chi connectivity index (χ1n) is 10.9. The van der Waals surface area contributed by atoms with E-state index in [0.29, 0.717) is 11.4 Å². The van der Waals surface area contributed by atoms with Gasteiger partial charge in [-0.1, -0.05) is 44.5 Å². The van der Waals surface area contributed by atoms with Gasteiger partial charge in [0.15, 0.2) is 0 Å². The Balaban J connectivity index is 1.99. The minimum atomic E-state index is -1.07. The van der Waals surface area contributed by atoms with Crippen molar-refractivity contribution < 1.29 is 23.8 Å². The van der Waals surface area contributed by atoms with Gasteiger partial charge >= 0.3 is 0 Å². The highest BCUT2D eigenvalue weighted by molar-refractivity contribution is 6.51. The quantitative estimate of drug-likeness (QED) is 0.281. The number of hydrogen-bond acceptors (Lipinski definition) is 5. The fourth-order valence-electron chi connectivity index (χ4n) is 4.06. The number of methoxy groups -OCH3 is 1. The summed E-state index contributed by atoms with van der Waals surface area (Å²) >= 11 is 5.97. The van der Waals surface area contributed by atoms with Gasteiger partial charge in [-0.15, -0.1) is 0 Å². The molecule has 2 heterocycles. The first-order valence-corrected chi connectivity index (χ1v) is 11.3. The number of ether oxygens (including phenoxy) is 1. The number of benzene rings is 2. The number of hydrogen-bond donors (Lipinski definition) is 1. The summed E-state index contributed by atoms with van der Waals surface area (Å²) in [7, 11) is 1.46. The Morgan fingerprint density at radius 2 is 1.86 bits per heavy atom. The topological polar surface area (TPSA) is 79.7 Å². The summed E-state index contributed by atoms with van der Waals surface area (Å²) in [5, 5.41) is 11.3. The van der Waals surface area contributed by atoms with Gasteiger partial charge < -0.3 is 9.84 Å². The molecule has 0 spiro atoms. The van der Waals surface area contributed by atoms with Crippen molar-refractivity contribution in [2.75, 3.05) is 12.0 Å². The number of aliphatic hydroxyl groups is 1. The normalized spacial score (nSPS) is 17.7. The number of pyridine rings is 1. The Labute approximate surface area is 207 Å². The van der Waals surface area contributed by atoms with Gasteiger partial charge in [0.1, 0.15) is 23.4 Å². The molecule has 35 heavy (non-hydrogen) atoms. The van der Waals surface area contributed by atoms with Crippen LogP contribution in [0.2, 0.25) is 5.02 Å². The third-order valence-electron chi connectivity index (χ3n) is 5.91. The second kappa shape index (κ2) is 9.15. The van der Waals surface area contributed by atoms with Gasteiger partial charge in [-0.05, 0) is 53.4 Å². The highest BCUT2D eigenvalue weighted by Gasteiger charge is 2.48. The Morgan fingerprint density at radius 1 is 1.11 bits per heavy atom. The molecular weight excluding hydrogens is 471 g/mol. The SMILES string of the molecule is COc1ccc(C(C)(C)C)cc1/C(O)=C1\C(=O)C(=O)N(c2ccc(F)c(Cl)c2)C1c1ccccn1. The lowest BCUT2D eigenvalue weighted by atomic mass is 9.85. The molecule has 0 aliphatic carbocycles. The molecular formula is C27H24ClFN2O4. The van der Waals surface area contributed by atoms with Crippen molar-refractivity contribution in [2.45, 2.75) is 32.2 Å². The van der Waals surface area contributed by atoms with Crippen LogP contribution in [-0.4, -0.2) is 28.9 Å². The van der Waals surface area contributed by atoms with E-state index < -0.39 is 29.3 Å². The molecule has 180 valence electrons. The standard InChI is InChI=1S/C27H24ClFN2O4/c1-27(2,3)15-8-11-21(35-4)17(13-15)24(32)22-23(20-7-5-6-12-30-20)31(26(34)25(22)33)16-9-10-19(29)18(28)14-16/h5-14,23,32H,1-4H3/b24-22+. The molecule has 1 saturated heterocycles. The monoisotopic (exact) mass is 494 g/mol. The molecule has 6 nitrogen and oxygen atoms in total. The highest BCUT2D eigenvalue weighted by atomic mass is 35.5. The van der Waals surface area contributed by atoms with E-state index in [0.717, 1.165) is 11.6 Å². The molecule has 0 bridgehead atoms. The van der Waals surface area contributed by atoms with Crippen molar-refractivity contribution in [2.24, 2.45) is 0 Å². The number of halogens is 2. The predicted octanol–water partition coefficient (Wildman–Crippen LogP) is 5.81. The number of Topliss-reactive ketones (excluding diaryl/α,β-unsaturated/α-hetero) is 1. The van der Waals surface area contributed by atoms with Crippen LogP contribution in [-0.2, 0) is 15.0 Å². The van der Waals surface area contributed by atoms with Gasteiger partial charge in [-0.25, -0.2) is 4.39 Å². The largest absolute Gasteiger partial charge is 0.507 e. The van der Waals surface area contributed by atoms with Crippen LogP contribution in [0.25, 0.3) is 5.76 Å². The third-order valence-corrected chi connectivity index (χ3v) is 6.20. The zero-order chi connectivity index (χ0) is 25.5. The summed E-state index contributed by atoms with van der Waals surface area (Å²) < 4.78 is 19.3. The zero-order valence-electron chi connectivity index (χ0n) is 19.7. The molecule has 1 aliphatic heterocycles. The average Bonchev–Trinajstić information content (AvgIpc) is 3.10. The number of aromatic nitrogens is 1. The Kier molecular flexibility index (Phi) is 6.38. The molecule has 1 N–H and O–H groups in total. The molecule has 1 aliphatic rings. The summed E-state index contributed by atoms with van der Waals surface area (Å²) in [5.74, 6) is -2.51. The van der Waals surface area contributed by atoms with Crippen molar-refractivity contribution in [1.29, 1.82) is 0 Å². The van der Waals surface area contributed by atoms with Gasteiger partial charge in [-0.3, -0.25) is 19.5 Å². The van der Waals surface area contributed by atoms with Crippen molar-refractivity contribution in [3.8, 4) is 5.75 Å². The number of aliphatic hydroxyl groups excluding tert-OH is 1. The summed E-state index contributed by atoms with van der Waals surface area (Å²) in [6.07, 6.45) is 1.52. The maximum atomic E-state index is 13.8. The second-order valence-corrected chi connectivity index (χ2v) is 9.59. The molecule has 1 unspecified atom stereocenters. The van der Waals surface area contributed by atoms with Crippen molar-refractivity contribution in [3.63, 3.8) is 0 Å².